The Morgan fingerprint density at radius 2 is 1.48 bits per heavy atom. The lowest BCUT2D eigenvalue weighted by atomic mass is 9.86. The highest BCUT2D eigenvalue weighted by molar-refractivity contribution is 4.85. The summed E-state index contributed by atoms with van der Waals surface area (Å²) >= 11 is 0. The van der Waals surface area contributed by atoms with Crippen LogP contribution in [-0.4, -0.2) is 85.0 Å². The highest BCUT2D eigenvalue weighted by Crippen LogP contribution is 2.31. The number of quaternary nitrogens is 1. The molecule has 3 rings (SSSR count). The van der Waals surface area contributed by atoms with Gasteiger partial charge in [0.25, 0.3) is 0 Å². The van der Waals surface area contributed by atoms with Crippen molar-refractivity contribution in [3.8, 4) is 0 Å². The van der Waals surface area contributed by atoms with Crippen molar-refractivity contribution in [2.75, 3.05) is 46.9 Å². The molecule has 2 aliphatic heterocycles. The van der Waals surface area contributed by atoms with Crippen LogP contribution in [0.5, 0.6) is 0 Å². The van der Waals surface area contributed by atoms with Gasteiger partial charge in [-0.15, -0.1) is 0 Å². The third kappa shape index (κ3) is 6.16. The minimum atomic E-state index is 0.289. The van der Waals surface area contributed by atoms with Gasteiger partial charge in [0.2, 0.25) is 0 Å². The van der Waals surface area contributed by atoms with Gasteiger partial charge in [-0.1, -0.05) is 0 Å². The maximum absolute atomic E-state index is 6.51. The molecule has 0 aromatic heterocycles. The molecule has 0 amide bonds. The summed E-state index contributed by atoms with van der Waals surface area (Å²) < 4.78 is 7.69. The molecule has 27 heavy (non-hydrogen) atoms. The van der Waals surface area contributed by atoms with E-state index in [2.05, 4.69) is 51.6 Å². The third-order valence-electron chi connectivity index (χ3n) is 7.53. The fourth-order valence-corrected chi connectivity index (χ4v) is 5.17. The summed E-state index contributed by atoms with van der Waals surface area (Å²) in [5, 5.41) is 0. The van der Waals surface area contributed by atoms with Gasteiger partial charge >= 0.3 is 0 Å². The van der Waals surface area contributed by atoms with E-state index in [0.717, 1.165) is 18.6 Å². The average molecular weight is 381 g/mol. The van der Waals surface area contributed by atoms with E-state index < -0.39 is 0 Å². The lowest BCUT2D eigenvalue weighted by molar-refractivity contribution is -0.896. The highest BCUT2D eigenvalue weighted by atomic mass is 16.5. The van der Waals surface area contributed by atoms with Crippen molar-refractivity contribution in [3.63, 3.8) is 0 Å². The molecule has 2 saturated heterocycles. The molecule has 3 aliphatic rings. The quantitative estimate of drug-likeness (QED) is 0.687. The Hall–Kier alpha value is -0.160. The third-order valence-corrected chi connectivity index (χ3v) is 7.53. The van der Waals surface area contributed by atoms with E-state index in [0.29, 0.717) is 12.2 Å². The largest absolute Gasteiger partial charge is 0.375 e. The van der Waals surface area contributed by atoms with Crippen molar-refractivity contribution < 1.29 is 9.22 Å². The zero-order valence-electron chi connectivity index (χ0n) is 19.0. The summed E-state index contributed by atoms with van der Waals surface area (Å²) in [7, 11) is 4.70. The van der Waals surface area contributed by atoms with E-state index in [1.807, 2.05) is 0 Å². The Morgan fingerprint density at radius 3 is 2.07 bits per heavy atom. The molecule has 0 N–H and O–H groups in total. The first kappa shape index (κ1) is 21.5. The number of hydrogen-bond acceptors (Lipinski definition) is 3. The second kappa shape index (κ2) is 8.69. The van der Waals surface area contributed by atoms with E-state index in [4.69, 9.17) is 4.74 Å². The van der Waals surface area contributed by atoms with E-state index in [-0.39, 0.29) is 5.54 Å². The molecule has 4 heteroatoms. The van der Waals surface area contributed by atoms with Gasteiger partial charge in [-0.05, 0) is 65.7 Å². The Morgan fingerprint density at radius 1 is 0.889 bits per heavy atom. The molecule has 2 heterocycles. The topological polar surface area (TPSA) is 15.7 Å². The van der Waals surface area contributed by atoms with Gasteiger partial charge in [-0.25, -0.2) is 0 Å². The summed E-state index contributed by atoms with van der Waals surface area (Å²) in [5.74, 6) is 0.870. The monoisotopic (exact) mass is 380 g/mol. The Bertz CT molecular complexity index is 455. The van der Waals surface area contributed by atoms with E-state index >= 15 is 0 Å². The van der Waals surface area contributed by atoms with Crippen LogP contribution in [0.25, 0.3) is 0 Å². The standard InChI is InChI=1S/C23H46N3O/c1-19-11-14-25(23(2,3)4)18-24(19)17-20-7-9-21(10-8-20)27-22-12-15-26(5,6)16-13-22/h19-22H,7-18H2,1-6H3/q+1. The molecule has 0 aromatic carbocycles. The van der Waals surface area contributed by atoms with E-state index in [1.54, 1.807) is 0 Å². The molecule has 0 radical (unpaired) electrons. The van der Waals surface area contributed by atoms with Crippen molar-refractivity contribution in [2.45, 2.75) is 96.4 Å². The number of piperidine rings is 1. The van der Waals surface area contributed by atoms with E-state index in [9.17, 15) is 0 Å². The molecule has 0 spiro atoms. The second-order valence-corrected chi connectivity index (χ2v) is 11.3. The van der Waals surface area contributed by atoms with Crippen molar-refractivity contribution in [1.82, 2.24) is 9.80 Å². The van der Waals surface area contributed by atoms with Gasteiger partial charge in [-0.2, -0.15) is 0 Å². The zero-order valence-corrected chi connectivity index (χ0v) is 19.0. The number of hydrogen-bond donors (Lipinski definition) is 0. The summed E-state index contributed by atoms with van der Waals surface area (Å²) in [5.41, 5.74) is 0.289. The molecular formula is C23H46N3O+. The van der Waals surface area contributed by atoms with Crippen molar-refractivity contribution >= 4 is 0 Å². The summed E-state index contributed by atoms with van der Waals surface area (Å²) in [6.45, 7) is 15.7. The van der Waals surface area contributed by atoms with Gasteiger partial charge in [-0.3, -0.25) is 9.80 Å². The first-order valence-electron chi connectivity index (χ1n) is 11.6. The lowest BCUT2D eigenvalue weighted by Crippen LogP contribution is -2.56. The Balaban J connectivity index is 1.40. The van der Waals surface area contributed by atoms with Gasteiger partial charge in [0.1, 0.15) is 0 Å². The van der Waals surface area contributed by atoms with Crippen LogP contribution in [0.1, 0.15) is 72.6 Å². The van der Waals surface area contributed by atoms with Crippen LogP contribution in [0.4, 0.5) is 0 Å². The SMILES string of the molecule is CC1CCN(C(C)(C)C)CN1CC1CCC(OC2CC[N+](C)(C)CC2)CC1. The van der Waals surface area contributed by atoms with Crippen LogP contribution in [0.15, 0.2) is 0 Å². The molecule has 158 valence electrons. The number of likely N-dealkylation sites (tertiary alicyclic amines) is 1. The molecule has 1 aliphatic carbocycles. The second-order valence-electron chi connectivity index (χ2n) is 11.3. The van der Waals surface area contributed by atoms with Gasteiger partial charge in [0.15, 0.2) is 0 Å². The van der Waals surface area contributed by atoms with Crippen LogP contribution < -0.4 is 0 Å². The predicted octanol–water partition coefficient (Wildman–Crippen LogP) is 3.95. The summed E-state index contributed by atoms with van der Waals surface area (Å²) in [6.07, 6.45) is 10.2. The zero-order chi connectivity index (χ0) is 19.7. The van der Waals surface area contributed by atoms with Crippen LogP contribution in [0.3, 0.4) is 0 Å². The molecule has 0 bridgehead atoms. The predicted molar refractivity (Wildman–Crippen MR) is 114 cm³/mol. The van der Waals surface area contributed by atoms with Crippen LogP contribution >= 0.6 is 0 Å². The minimum absolute atomic E-state index is 0.289. The van der Waals surface area contributed by atoms with Gasteiger partial charge in [0, 0.05) is 37.5 Å². The van der Waals surface area contributed by atoms with E-state index in [1.165, 1.54) is 75.6 Å². The number of ether oxygens (including phenoxy) is 1. The first-order chi connectivity index (χ1) is 12.6. The number of nitrogens with zero attached hydrogens (tertiary/aromatic N) is 3. The molecule has 0 aromatic rings. The maximum Gasteiger partial charge on any atom is 0.0807 e. The minimum Gasteiger partial charge on any atom is -0.375 e. The van der Waals surface area contributed by atoms with Gasteiger partial charge in [0.05, 0.1) is 46.1 Å². The molecule has 1 atom stereocenters. The lowest BCUT2D eigenvalue weighted by Gasteiger charge is -2.47. The normalized spacial score (nSPS) is 34.7. The average Bonchev–Trinajstić information content (AvgIpc) is 2.59. The Labute approximate surface area is 168 Å². The molecule has 4 nitrogen and oxygen atoms in total. The maximum atomic E-state index is 6.51. The molecule has 3 fully saturated rings. The molecular weight excluding hydrogens is 334 g/mol. The van der Waals surface area contributed by atoms with Crippen molar-refractivity contribution in [3.05, 3.63) is 0 Å². The highest BCUT2D eigenvalue weighted by Gasteiger charge is 2.33. The van der Waals surface area contributed by atoms with Crippen molar-refractivity contribution in [2.24, 2.45) is 5.92 Å². The van der Waals surface area contributed by atoms with Crippen LogP contribution in [0, 0.1) is 5.92 Å². The van der Waals surface area contributed by atoms with Crippen LogP contribution in [0.2, 0.25) is 0 Å². The molecule has 1 saturated carbocycles. The fraction of sp³-hybridized carbons (Fsp3) is 1.00. The smallest absolute Gasteiger partial charge is 0.0807 e. The number of rotatable bonds is 4. The Kier molecular flexibility index (Phi) is 6.93. The summed E-state index contributed by atoms with van der Waals surface area (Å²) in [4.78, 5) is 5.41. The first-order valence-corrected chi connectivity index (χ1v) is 11.6. The van der Waals surface area contributed by atoms with Gasteiger partial charge < -0.3 is 9.22 Å². The fourth-order valence-electron chi connectivity index (χ4n) is 5.17. The summed E-state index contributed by atoms with van der Waals surface area (Å²) in [6, 6.07) is 0.737. The van der Waals surface area contributed by atoms with Crippen LogP contribution in [-0.2, 0) is 4.74 Å². The molecule has 1 unspecified atom stereocenters. The van der Waals surface area contributed by atoms with Crippen molar-refractivity contribution in [1.29, 1.82) is 0 Å².